The fraction of sp³-hybridized carbons (Fsp3) is 0.0256. The Hall–Kier alpha value is -10.1. The lowest BCUT2D eigenvalue weighted by atomic mass is 9.67. The van der Waals surface area contributed by atoms with E-state index in [-0.39, 0.29) is 0 Å². The van der Waals surface area contributed by atoms with Crippen LogP contribution in [0.3, 0.4) is 0 Å². The zero-order chi connectivity index (χ0) is 53.5. The largest absolute Gasteiger partial charge is 0.310 e. The summed E-state index contributed by atoms with van der Waals surface area (Å²) < 4.78 is 2.48. The molecule has 2 nitrogen and oxygen atoms in total. The van der Waals surface area contributed by atoms with E-state index in [9.17, 15) is 0 Å². The maximum absolute atomic E-state index is 2.61. The molecule has 0 radical (unpaired) electrons. The van der Waals surface area contributed by atoms with Crippen LogP contribution >= 0.6 is 11.3 Å². The summed E-state index contributed by atoms with van der Waals surface area (Å²) in [6.45, 7) is 0. The molecule has 2 aliphatic carbocycles. The van der Waals surface area contributed by atoms with Gasteiger partial charge in [0.2, 0.25) is 0 Å². The van der Waals surface area contributed by atoms with Crippen molar-refractivity contribution in [3.05, 3.63) is 360 Å². The van der Waals surface area contributed by atoms with Crippen molar-refractivity contribution < 1.29 is 0 Å². The molecule has 14 aromatic rings. The Morgan fingerprint density at radius 3 is 1.22 bits per heavy atom. The first-order chi connectivity index (χ1) is 40.2. The van der Waals surface area contributed by atoms with Crippen molar-refractivity contribution in [1.82, 2.24) is 0 Å². The number of hydrogen-bond acceptors (Lipinski definition) is 3. The predicted molar refractivity (Wildman–Crippen MR) is 341 cm³/mol. The summed E-state index contributed by atoms with van der Waals surface area (Å²) >= 11 is 1.87. The quantitative estimate of drug-likeness (QED) is 0.135. The third kappa shape index (κ3) is 6.99. The van der Waals surface area contributed by atoms with Crippen molar-refractivity contribution in [2.75, 3.05) is 9.80 Å². The number of fused-ring (bicyclic) bond motifs is 10. The van der Waals surface area contributed by atoms with Crippen molar-refractivity contribution in [3.8, 4) is 22.3 Å². The fourth-order valence-corrected chi connectivity index (χ4v) is 15.3. The van der Waals surface area contributed by atoms with Crippen molar-refractivity contribution in [2.45, 2.75) is 10.8 Å². The molecule has 0 unspecified atom stereocenters. The first kappa shape index (κ1) is 47.0. The minimum Gasteiger partial charge on any atom is -0.310 e. The van der Waals surface area contributed by atoms with E-state index in [2.05, 4.69) is 325 Å². The molecule has 3 heteroatoms. The zero-order valence-electron chi connectivity index (χ0n) is 44.3. The molecule has 0 fully saturated rings. The fourth-order valence-electron chi connectivity index (χ4n) is 14.2. The van der Waals surface area contributed by atoms with Crippen LogP contribution in [-0.4, -0.2) is 0 Å². The van der Waals surface area contributed by atoms with Crippen LogP contribution in [0.25, 0.3) is 53.2 Å². The maximum Gasteiger partial charge on any atom is 0.0714 e. The van der Waals surface area contributed by atoms with E-state index in [0.717, 1.165) is 34.1 Å². The molecule has 1 aromatic heterocycles. The van der Waals surface area contributed by atoms with Crippen LogP contribution in [0.1, 0.15) is 44.5 Å². The molecule has 16 rings (SSSR count). The van der Waals surface area contributed by atoms with Crippen LogP contribution in [0.15, 0.2) is 315 Å². The van der Waals surface area contributed by atoms with E-state index >= 15 is 0 Å². The van der Waals surface area contributed by atoms with E-state index in [4.69, 9.17) is 0 Å². The van der Waals surface area contributed by atoms with Gasteiger partial charge in [0, 0.05) is 53.7 Å². The number of nitrogens with zero attached hydrogens (tertiary/aromatic N) is 2. The summed E-state index contributed by atoms with van der Waals surface area (Å²) in [7, 11) is 0. The number of rotatable bonds is 10. The number of anilines is 6. The Bertz CT molecular complexity index is 4440. The summed E-state index contributed by atoms with van der Waals surface area (Å²) in [5.41, 5.74) is 20.6. The highest BCUT2D eigenvalue weighted by Crippen LogP contribution is 2.63. The summed E-state index contributed by atoms with van der Waals surface area (Å²) in [6.07, 6.45) is 0. The van der Waals surface area contributed by atoms with Gasteiger partial charge in [0.25, 0.3) is 0 Å². The number of benzene rings is 13. The summed E-state index contributed by atoms with van der Waals surface area (Å²) in [5.74, 6) is 0. The van der Waals surface area contributed by atoms with E-state index in [1.807, 2.05) is 11.3 Å². The van der Waals surface area contributed by atoms with Crippen LogP contribution < -0.4 is 9.80 Å². The van der Waals surface area contributed by atoms with Crippen LogP contribution in [-0.2, 0) is 10.8 Å². The molecule has 0 atom stereocenters. The van der Waals surface area contributed by atoms with Gasteiger partial charge in [-0.05, 0) is 122 Å². The van der Waals surface area contributed by atoms with Gasteiger partial charge >= 0.3 is 0 Å². The van der Waals surface area contributed by atoms with Crippen LogP contribution in [0.2, 0.25) is 0 Å². The Labute approximate surface area is 476 Å². The monoisotopic (exact) mass is 1050 g/mol. The summed E-state index contributed by atoms with van der Waals surface area (Å²) in [5, 5.41) is 4.89. The molecule has 0 spiro atoms. The highest BCUT2D eigenvalue weighted by Gasteiger charge is 2.50. The van der Waals surface area contributed by atoms with Crippen molar-refractivity contribution in [1.29, 1.82) is 0 Å². The van der Waals surface area contributed by atoms with E-state index in [0.29, 0.717) is 0 Å². The summed E-state index contributed by atoms with van der Waals surface area (Å²) in [6, 6.07) is 117. The SMILES string of the molecule is c1ccc(N(c2ccc3c(c2)sc2ccc(N(c4cccc5c4-c4ccccc4C5(c4ccccc4)c4ccccc4)c4cccc5c4-c4ccccc4C5(c4ccccc4)c4ccccc4)cc23)c2cccc3ccccc23)cc1. The second-order valence-electron chi connectivity index (χ2n) is 21.4. The third-order valence-electron chi connectivity index (χ3n) is 17.4. The lowest BCUT2D eigenvalue weighted by Gasteiger charge is -2.35. The van der Waals surface area contributed by atoms with Crippen LogP contribution in [0.4, 0.5) is 34.1 Å². The minimum atomic E-state index is -0.581. The van der Waals surface area contributed by atoms with Gasteiger partial charge in [-0.3, -0.25) is 0 Å². The smallest absolute Gasteiger partial charge is 0.0714 e. The zero-order valence-corrected chi connectivity index (χ0v) is 45.1. The molecular weight excluding hydrogens is 997 g/mol. The normalized spacial score (nSPS) is 13.4. The molecule has 380 valence electrons. The number of hydrogen-bond donors (Lipinski definition) is 0. The van der Waals surface area contributed by atoms with Crippen LogP contribution in [0.5, 0.6) is 0 Å². The molecule has 81 heavy (non-hydrogen) atoms. The molecule has 0 N–H and O–H groups in total. The number of thiophene rings is 1. The average molecular weight is 1050 g/mol. The number of para-hydroxylation sites is 1. The highest BCUT2D eigenvalue weighted by atomic mass is 32.1. The second-order valence-corrected chi connectivity index (χ2v) is 22.5. The summed E-state index contributed by atoms with van der Waals surface area (Å²) in [4.78, 5) is 5.02. The maximum atomic E-state index is 2.61. The Morgan fingerprint density at radius 2 is 0.667 bits per heavy atom. The predicted octanol–water partition coefficient (Wildman–Crippen LogP) is 20.9. The van der Waals surface area contributed by atoms with Gasteiger partial charge in [0.15, 0.2) is 0 Å². The molecule has 0 aliphatic heterocycles. The molecule has 0 saturated heterocycles. The van der Waals surface area contributed by atoms with Crippen molar-refractivity contribution >= 4 is 76.4 Å². The molecule has 0 bridgehead atoms. The highest BCUT2D eigenvalue weighted by molar-refractivity contribution is 7.25. The van der Waals surface area contributed by atoms with Crippen molar-refractivity contribution in [3.63, 3.8) is 0 Å². The Balaban J connectivity index is 0.970. The Morgan fingerprint density at radius 1 is 0.247 bits per heavy atom. The van der Waals surface area contributed by atoms with E-state index < -0.39 is 10.8 Å². The molecule has 0 saturated carbocycles. The molecule has 0 amide bonds. The van der Waals surface area contributed by atoms with E-state index in [1.54, 1.807) is 0 Å². The van der Waals surface area contributed by atoms with Gasteiger partial charge in [-0.15, -0.1) is 11.3 Å². The van der Waals surface area contributed by atoms with Gasteiger partial charge < -0.3 is 9.80 Å². The van der Waals surface area contributed by atoms with Gasteiger partial charge in [-0.2, -0.15) is 0 Å². The lowest BCUT2D eigenvalue weighted by molar-refractivity contribution is 0.768. The third-order valence-corrected chi connectivity index (χ3v) is 18.5. The lowest BCUT2D eigenvalue weighted by Crippen LogP contribution is -2.28. The van der Waals surface area contributed by atoms with Gasteiger partial charge in [-0.1, -0.05) is 255 Å². The van der Waals surface area contributed by atoms with E-state index in [1.165, 1.54) is 97.7 Å². The van der Waals surface area contributed by atoms with Gasteiger partial charge in [-0.25, -0.2) is 0 Å². The first-order valence-corrected chi connectivity index (χ1v) is 28.8. The topological polar surface area (TPSA) is 6.48 Å². The second kappa shape index (κ2) is 18.8. The van der Waals surface area contributed by atoms with Gasteiger partial charge in [0.05, 0.1) is 27.9 Å². The molecule has 1 heterocycles. The van der Waals surface area contributed by atoms with Crippen molar-refractivity contribution in [2.24, 2.45) is 0 Å². The molecular formula is C78H52N2S. The molecule has 2 aliphatic rings. The Kier molecular flexibility index (Phi) is 10.9. The standard InChI is InChI=1S/C78H52N2S/c1-6-27-54(28-7-1)77(55-29-8-2-9-30-55)66-40-20-18-38-63(66)75-68(77)42-23-45-71(75)80(72-46-24-43-69-76(72)64-39-19-21-41-67(64)78(69,56-31-10-3-11-32-56)57-33-12-4-13-34-57)59-48-50-73-65(51-59)62-49-47-60(52-74(62)81-73)79(58-35-14-5-15-36-58)70-44-22-26-53-25-16-17-37-61(53)70/h1-52H. The first-order valence-electron chi connectivity index (χ1n) is 28.0. The van der Waals surface area contributed by atoms with Gasteiger partial charge in [0.1, 0.15) is 0 Å². The average Bonchev–Trinajstić information content (AvgIpc) is 4.01. The molecule has 13 aromatic carbocycles. The van der Waals surface area contributed by atoms with Crippen LogP contribution in [0, 0.1) is 0 Å². The minimum absolute atomic E-state index is 0.581.